The second-order valence-corrected chi connectivity index (χ2v) is 4.53. The van der Waals surface area contributed by atoms with E-state index in [0.717, 1.165) is 32.3 Å². The number of fused-ring (bicyclic) bond motifs is 3. The first-order valence-electron chi connectivity index (χ1n) is 4.80. The van der Waals surface area contributed by atoms with E-state index in [2.05, 4.69) is 32.8 Å². The molecule has 1 aromatic heterocycles. The van der Waals surface area contributed by atoms with Crippen molar-refractivity contribution in [3.63, 3.8) is 0 Å². The van der Waals surface area contributed by atoms with Crippen LogP contribution in [-0.4, -0.2) is 4.98 Å². The zero-order valence-electron chi connectivity index (χ0n) is 8.27. The van der Waals surface area contributed by atoms with Crippen LogP contribution >= 0.6 is 15.9 Å². The third-order valence-corrected chi connectivity index (χ3v) is 3.30. The summed E-state index contributed by atoms with van der Waals surface area (Å²) in [5.74, 6) is -0.243. The number of nitrogens with one attached hydrogen (secondary N) is 2. The molecule has 0 spiro atoms. The smallest absolute Gasteiger partial charge is 0.123 e. The van der Waals surface area contributed by atoms with Gasteiger partial charge in [0.15, 0.2) is 0 Å². The van der Waals surface area contributed by atoms with E-state index < -0.39 is 0 Å². The number of aromatic nitrogens is 1. The van der Waals surface area contributed by atoms with Crippen molar-refractivity contribution in [3.05, 3.63) is 48.1 Å². The number of rotatable bonds is 0. The summed E-state index contributed by atoms with van der Waals surface area (Å²) in [7, 11) is 0. The van der Waals surface area contributed by atoms with Crippen LogP contribution in [-0.2, 0) is 0 Å². The number of hydrogen-bond donors (Lipinski definition) is 2. The summed E-state index contributed by atoms with van der Waals surface area (Å²) >= 11 is 3.44. The van der Waals surface area contributed by atoms with E-state index in [4.69, 9.17) is 0 Å². The number of halogens is 2. The van der Waals surface area contributed by atoms with Gasteiger partial charge in [0, 0.05) is 28.4 Å². The second kappa shape index (κ2) is 3.22. The van der Waals surface area contributed by atoms with Crippen LogP contribution in [0.5, 0.6) is 0 Å². The van der Waals surface area contributed by atoms with Crippen molar-refractivity contribution in [2.24, 2.45) is 0 Å². The van der Waals surface area contributed by atoms with Crippen LogP contribution in [0, 0.1) is 5.82 Å². The lowest BCUT2D eigenvalue weighted by Crippen LogP contribution is -2.08. The zero-order valence-corrected chi connectivity index (χ0v) is 9.86. The molecule has 0 radical (unpaired) electrons. The molecule has 1 aliphatic rings. The van der Waals surface area contributed by atoms with E-state index in [0.29, 0.717) is 0 Å². The molecule has 0 amide bonds. The van der Waals surface area contributed by atoms with Gasteiger partial charge in [-0.3, -0.25) is 0 Å². The van der Waals surface area contributed by atoms with Crippen molar-refractivity contribution >= 4 is 37.0 Å². The highest BCUT2D eigenvalue weighted by Crippen LogP contribution is 2.36. The summed E-state index contributed by atoms with van der Waals surface area (Å²) in [5.41, 5.74) is 3.53. The molecule has 0 aliphatic carbocycles. The standard InChI is InChI=1S/C12H8BrFN2/c1-6-11-8-4-7(14)2-3-10(8)16-12(11)9(13)5-15-6/h2-5,15-16H,1H2. The van der Waals surface area contributed by atoms with E-state index in [-0.39, 0.29) is 5.82 Å². The van der Waals surface area contributed by atoms with Gasteiger partial charge in [-0.2, -0.15) is 0 Å². The lowest BCUT2D eigenvalue weighted by Gasteiger charge is -2.13. The normalized spacial score (nSPS) is 14.6. The van der Waals surface area contributed by atoms with Gasteiger partial charge in [-0.15, -0.1) is 0 Å². The Bertz CT molecular complexity index is 640. The van der Waals surface area contributed by atoms with Gasteiger partial charge in [0.1, 0.15) is 5.82 Å². The van der Waals surface area contributed by atoms with Gasteiger partial charge in [-0.1, -0.05) is 6.58 Å². The van der Waals surface area contributed by atoms with Gasteiger partial charge >= 0.3 is 0 Å². The molecular weight excluding hydrogens is 271 g/mol. The van der Waals surface area contributed by atoms with E-state index in [9.17, 15) is 4.39 Å². The van der Waals surface area contributed by atoms with Gasteiger partial charge in [0.2, 0.25) is 0 Å². The number of H-pyrrole nitrogens is 1. The third-order valence-electron chi connectivity index (χ3n) is 2.67. The van der Waals surface area contributed by atoms with Gasteiger partial charge in [-0.05, 0) is 34.1 Å². The third kappa shape index (κ3) is 1.23. The van der Waals surface area contributed by atoms with Crippen molar-refractivity contribution in [2.75, 3.05) is 0 Å². The summed E-state index contributed by atoms with van der Waals surface area (Å²) in [6, 6.07) is 4.69. The van der Waals surface area contributed by atoms with Crippen LogP contribution in [0.3, 0.4) is 0 Å². The molecule has 1 aliphatic heterocycles. The summed E-state index contributed by atoms with van der Waals surface area (Å²) in [4.78, 5) is 3.24. The molecular formula is C12H8BrFN2. The van der Waals surface area contributed by atoms with Gasteiger partial charge in [-0.25, -0.2) is 4.39 Å². The molecule has 80 valence electrons. The molecule has 4 heteroatoms. The molecule has 16 heavy (non-hydrogen) atoms. The fourth-order valence-electron chi connectivity index (χ4n) is 1.95. The Morgan fingerprint density at radius 3 is 2.94 bits per heavy atom. The second-order valence-electron chi connectivity index (χ2n) is 3.68. The van der Waals surface area contributed by atoms with Crippen molar-refractivity contribution in [2.45, 2.75) is 0 Å². The summed E-state index contributed by atoms with van der Waals surface area (Å²) < 4.78 is 14.1. The molecule has 0 saturated carbocycles. The Morgan fingerprint density at radius 2 is 2.12 bits per heavy atom. The molecule has 2 heterocycles. The average molecular weight is 279 g/mol. The molecule has 2 aromatic rings. The zero-order chi connectivity index (χ0) is 11.3. The number of benzene rings is 1. The van der Waals surface area contributed by atoms with Crippen LogP contribution in [0.1, 0.15) is 11.3 Å². The SMILES string of the molecule is C=C1NC=C(Br)c2[nH]c3ccc(F)cc3c21. The Hall–Kier alpha value is -1.55. The Labute approximate surface area is 100.0 Å². The topological polar surface area (TPSA) is 27.8 Å². The van der Waals surface area contributed by atoms with Crippen molar-refractivity contribution in [1.29, 1.82) is 0 Å². The molecule has 0 fully saturated rings. The van der Waals surface area contributed by atoms with Crippen LogP contribution in [0.4, 0.5) is 4.39 Å². The molecule has 1 aromatic carbocycles. The van der Waals surface area contributed by atoms with Crippen LogP contribution < -0.4 is 5.32 Å². The van der Waals surface area contributed by atoms with E-state index in [1.54, 1.807) is 6.07 Å². The summed E-state index contributed by atoms with van der Waals surface area (Å²) in [6.45, 7) is 3.92. The Morgan fingerprint density at radius 1 is 1.31 bits per heavy atom. The predicted octanol–water partition coefficient (Wildman–Crippen LogP) is 3.57. The van der Waals surface area contributed by atoms with Crippen molar-refractivity contribution in [1.82, 2.24) is 10.3 Å². The predicted molar refractivity (Wildman–Crippen MR) is 67.3 cm³/mol. The van der Waals surface area contributed by atoms with Crippen LogP contribution in [0.25, 0.3) is 21.1 Å². The van der Waals surface area contributed by atoms with Gasteiger partial charge in [0.25, 0.3) is 0 Å². The average Bonchev–Trinajstić information content (AvgIpc) is 2.63. The maximum absolute atomic E-state index is 13.2. The summed E-state index contributed by atoms with van der Waals surface area (Å²) in [6.07, 6.45) is 1.82. The first kappa shape index (κ1) is 9.66. The fourth-order valence-corrected chi connectivity index (χ4v) is 2.36. The number of aromatic amines is 1. The summed E-state index contributed by atoms with van der Waals surface area (Å²) in [5, 5.41) is 3.88. The largest absolute Gasteiger partial charge is 0.360 e. The lowest BCUT2D eigenvalue weighted by molar-refractivity contribution is 0.629. The first-order chi connectivity index (χ1) is 7.66. The maximum Gasteiger partial charge on any atom is 0.123 e. The highest BCUT2D eigenvalue weighted by molar-refractivity contribution is 9.15. The first-order valence-corrected chi connectivity index (χ1v) is 5.59. The van der Waals surface area contributed by atoms with E-state index >= 15 is 0 Å². The molecule has 3 rings (SSSR count). The Kier molecular flexibility index (Phi) is 1.94. The lowest BCUT2D eigenvalue weighted by atomic mass is 10.1. The molecule has 0 atom stereocenters. The number of hydrogen-bond acceptors (Lipinski definition) is 1. The van der Waals surface area contributed by atoms with Gasteiger partial charge < -0.3 is 10.3 Å². The maximum atomic E-state index is 13.2. The molecule has 0 unspecified atom stereocenters. The van der Waals surface area contributed by atoms with Crippen molar-refractivity contribution in [3.8, 4) is 0 Å². The monoisotopic (exact) mass is 278 g/mol. The van der Waals surface area contributed by atoms with Gasteiger partial charge in [0.05, 0.1) is 10.2 Å². The van der Waals surface area contributed by atoms with E-state index in [1.165, 1.54) is 12.1 Å². The molecule has 0 saturated heterocycles. The quantitative estimate of drug-likeness (QED) is 0.758. The Balaban J connectivity index is 2.44. The highest BCUT2D eigenvalue weighted by Gasteiger charge is 2.19. The fraction of sp³-hybridized carbons (Fsp3) is 0. The molecule has 0 bridgehead atoms. The molecule has 2 N–H and O–H groups in total. The minimum atomic E-state index is -0.243. The van der Waals surface area contributed by atoms with Crippen LogP contribution in [0.2, 0.25) is 0 Å². The van der Waals surface area contributed by atoms with Crippen LogP contribution in [0.15, 0.2) is 31.0 Å². The van der Waals surface area contributed by atoms with Crippen molar-refractivity contribution < 1.29 is 4.39 Å². The molecule has 2 nitrogen and oxygen atoms in total. The minimum absolute atomic E-state index is 0.243. The minimum Gasteiger partial charge on any atom is -0.360 e. The van der Waals surface area contributed by atoms with E-state index in [1.807, 2.05) is 6.20 Å². The highest BCUT2D eigenvalue weighted by atomic mass is 79.9.